The molecule has 0 saturated heterocycles. The fourth-order valence-corrected chi connectivity index (χ4v) is 2.23. The predicted octanol–water partition coefficient (Wildman–Crippen LogP) is 3.61. The summed E-state index contributed by atoms with van der Waals surface area (Å²) in [5, 5.41) is 3.42. The smallest absolute Gasteiger partial charge is 0.126 e. The average molecular weight is 312 g/mol. The van der Waals surface area contributed by atoms with Gasteiger partial charge in [-0.2, -0.15) is 0 Å². The lowest BCUT2D eigenvalue weighted by Gasteiger charge is -2.20. The van der Waals surface area contributed by atoms with E-state index >= 15 is 0 Å². The lowest BCUT2D eigenvalue weighted by Crippen LogP contribution is -2.22. The van der Waals surface area contributed by atoms with Gasteiger partial charge in [0.05, 0.1) is 5.69 Å². The van der Waals surface area contributed by atoms with Gasteiger partial charge in [0.1, 0.15) is 5.82 Å². The molecule has 2 heterocycles. The number of hydrogen-bond acceptors (Lipinski definition) is 4. The quantitative estimate of drug-likeness (QED) is 0.848. The van der Waals surface area contributed by atoms with Crippen LogP contribution in [0, 0.1) is 5.41 Å². The standard InChI is InChI=1S/C19H28N4/c1-19(2,3)15-21-18-10-7-9-17(22-18)14-23(4)13-11-16-8-5-6-12-20-16/h5-10,12H,11,13-15H2,1-4H3,(H,21,22). The van der Waals surface area contributed by atoms with E-state index in [0.29, 0.717) is 0 Å². The fourth-order valence-electron chi connectivity index (χ4n) is 2.23. The van der Waals surface area contributed by atoms with Crippen molar-refractivity contribution in [3.63, 3.8) is 0 Å². The Morgan fingerprint density at radius 3 is 2.52 bits per heavy atom. The number of hydrogen-bond donors (Lipinski definition) is 1. The Hall–Kier alpha value is -1.94. The topological polar surface area (TPSA) is 41.1 Å². The molecule has 0 unspecified atom stereocenters. The van der Waals surface area contributed by atoms with Crippen LogP contribution in [-0.4, -0.2) is 35.0 Å². The SMILES string of the molecule is CN(CCc1ccccn1)Cc1cccc(NCC(C)(C)C)n1. The number of rotatable bonds is 7. The van der Waals surface area contributed by atoms with Crippen LogP contribution in [0.15, 0.2) is 42.6 Å². The monoisotopic (exact) mass is 312 g/mol. The van der Waals surface area contributed by atoms with Gasteiger partial charge in [0.2, 0.25) is 0 Å². The van der Waals surface area contributed by atoms with E-state index in [1.165, 1.54) is 0 Å². The van der Waals surface area contributed by atoms with Gasteiger partial charge in [-0.15, -0.1) is 0 Å². The van der Waals surface area contributed by atoms with Gasteiger partial charge in [-0.1, -0.05) is 32.9 Å². The molecule has 0 amide bonds. The van der Waals surface area contributed by atoms with Crippen molar-refractivity contribution in [3.05, 3.63) is 54.0 Å². The third-order valence-corrected chi connectivity index (χ3v) is 3.51. The van der Waals surface area contributed by atoms with Gasteiger partial charge in [-0.25, -0.2) is 4.98 Å². The first kappa shape index (κ1) is 17.4. The molecule has 23 heavy (non-hydrogen) atoms. The summed E-state index contributed by atoms with van der Waals surface area (Å²) in [6.45, 7) is 9.38. The summed E-state index contributed by atoms with van der Waals surface area (Å²) in [7, 11) is 2.12. The summed E-state index contributed by atoms with van der Waals surface area (Å²) in [6, 6.07) is 12.2. The van der Waals surface area contributed by atoms with E-state index in [1.54, 1.807) is 0 Å². The zero-order chi connectivity index (χ0) is 16.7. The van der Waals surface area contributed by atoms with Gasteiger partial charge >= 0.3 is 0 Å². The number of likely N-dealkylation sites (N-methyl/N-ethyl adjacent to an activating group) is 1. The average Bonchev–Trinajstić information content (AvgIpc) is 2.52. The van der Waals surface area contributed by atoms with Crippen LogP contribution in [0.4, 0.5) is 5.82 Å². The Morgan fingerprint density at radius 1 is 1.04 bits per heavy atom. The number of aromatic nitrogens is 2. The first-order valence-corrected chi connectivity index (χ1v) is 8.21. The molecule has 0 bridgehead atoms. The molecule has 0 aliphatic carbocycles. The Morgan fingerprint density at radius 2 is 1.83 bits per heavy atom. The van der Waals surface area contributed by atoms with E-state index in [2.05, 4.69) is 61.2 Å². The first-order chi connectivity index (χ1) is 10.9. The highest BCUT2D eigenvalue weighted by Gasteiger charge is 2.10. The minimum absolute atomic E-state index is 0.247. The Labute approximate surface area is 140 Å². The highest BCUT2D eigenvalue weighted by atomic mass is 15.1. The maximum Gasteiger partial charge on any atom is 0.126 e. The van der Waals surface area contributed by atoms with Gasteiger partial charge in [0, 0.05) is 37.9 Å². The molecule has 0 fully saturated rings. The van der Waals surface area contributed by atoms with Gasteiger partial charge in [-0.3, -0.25) is 4.98 Å². The normalized spacial score (nSPS) is 11.7. The third-order valence-electron chi connectivity index (χ3n) is 3.51. The molecule has 0 spiro atoms. The largest absolute Gasteiger partial charge is 0.370 e. The van der Waals surface area contributed by atoms with Crippen LogP contribution in [0.5, 0.6) is 0 Å². The van der Waals surface area contributed by atoms with Crippen molar-refractivity contribution >= 4 is 5.82 Å². The maximum absolute atomic E-state index is 4.70. The van der Waals surface area contributed by atoms with E-state index in [4.69, 9.17) is 4.98 Å². The highest BCUT2D eigenvalue weighted by Crippen LogP contribution is 2.14. The van der Waals surface area contributed by atoms with Crippen LogP contribution in [0.25, 0.3) is 0 Å². The van der Waals surface area contributed by atoms with Crippen molar-refractivity contribution < 1.29 is 0 Å². The van der Waals surface area contributed by atoms with E-state index in [1.807, 2.05) is 24.4 Å². The summed E-state index contributed by atoms with van der Waals surface area (Å²) in [6.07, 6.45) is 2.81. The van der Waals surface area contributed by atoms with E-state index < -0.39 is 0 Å². The van der Waals surface area contributed by atoms with Crippen LogP contribution in [0.3, 0.4) is 0 Å². The molecule has 0 saturated carbocycles. The highest BCUT2D eigenvalue weighted by molar-refractivity contribution is 5.35. The fraction of sp³-hybridized carbons (Fsp3) is 0.474. The molecular formula is C19H28N4. The molecule has 124 valence electrons. The van der Waals surface area contributed by atoms with Gasteiger partial charge in [0.25, 0.3) is 0 Å². The zero-order valence-electron chi connectivity index (χ0n) is 14.7. The van der Waals surface area contributed by atoms with Gasteiger partial charge in [0.15, 0.2) is 0 Å². The first-order valence-electron chi connectivity index (χ1n) is 8.21. The Bertz CT molecular complexity index is 590. The van der Waals surface area contributed by atoms with Crippen LogP contribution in [0.1, 0.15) is 32.2 Å². The van der Waals surface area contributed by atoms with Crippen LogP contribution < -0.4 is 5.32 Å². The Kier molecular flexibility index (Phi) is 6.11. The molecular weight excluding hydrogens is 284 g/mol. The molecule has 2 rings (SSSR count). The zero-order valence-corrected chi connectivity index (χ0v) is 14.7. The van der Waals surface area contributed by atoms with Crippen molar-refractivity contribution in [2.45, 2.75) is 33.7 Å². The number of nitrogens with one attached hydrogen (secondary N) is 1. The van der Waals surface area contributed by atoms with Crippen molar-refractivity contribution in [2.24, 2.45) is 5.41 Å². The number of nitrogens with zero attached hydrogens (tertiary/aromatic N) is 3. The van der Waals surface area contributed by atoms with Crippen molar-refractivity contribution in [1.29, 1.82) is 0 Å². The van der Waals surface area contributed by atoms with Crippen LogP contribution >= 0.6 is 0 Å². The second-order valence-corrected chi connectivity index (χ2v) is 7.24. The molecule has 2 aromatic heterocycles. The van der Waals surface area contributed by atoms with Crippen LogP contribution in [0.2, 0.25) is 0 Å². The van der Waals surface area contributed by atoms with Crippen molar-refractivity contribution in [1.82, 2.24) is 14.9 Å². The van der Waals surface area contributed by atoms with Gasteiger partial charge in [-0.05, 0) is 36.7 Å². The van der Waals surface area contributed by atoms with E-state index in [0.717, 1.165) is 43.3 Å². The van der Waals surface area contributed by atoms with Crippen LogP contribution in [-0.2, 0) is 13.0 Å². The van der Waals surface area contributed by atoms with Gasteiger partial charge < -0.3 is 10.2 Å². The summed E-state index contributed by atoms with van der Waals surface area (Å²) < 4.78 is 0. The molecule has 0 atom stereocenters. The van der Waals surface area contributed by atoms with Crippen molar-refractivity contribution in [3.8, 4) is 0 Å². The summed E-state index contributed by atoms with van der Waals surface area (Å²) in [5.74, 6) is 0.954. The molecule has 0 aliphatic heterocycles. The summed E-state index contributed by atoms with van der Waals surface area (Å²) in [4.78, 5) is 11.4. The molecule has 1 N–H and O–H groups in total. The van der Waals surface area contributed by atoms with Crippen molar-refractivity contribution in [2.75, 3.05) is 25.5 Å². The van der Waals surface area contributed by atoms with E-state index in [9.17, 15) is 0 Å². The lowest BCUT2D eigenvalue weighted by molar-refractivity contribution is 0.326. The lowest BCUT2D eigenvalue weighted by atomic mass is 9.97. The minimum Gasteiger partial charge on any atom is -0.370 e. The third kappa shape index (κ3) is 6.78. The number of pyridine rings is 2. The molecule has 0 aromatic carbocycles. The second kappa shape index (κ2) is 8.06. The predicted molar refractivity (Wildman–Crippen MR) is 96.5 cm³/mol. The second-order valence-electron chi connectivity index (χ2n) is 7.24. The molecule has 4 nitrogen and oxygen atoms in total. The van der Waals surface area contributed by atoms with E-state index in [-0.39, 0.29) is 5.41 Å². The summed E-state index contributed by atoms with van der Waals surface area (Å²) in [5.41, 5.74) is 2.47. The Balaban J connectivity index is 1.84. The number of anilines is 1. The molecule has 2 aromatic rings. The molecule has 0 radical (unpaired) electrons. The molecule has 4 heteroatoms. The molecule has 0 aliphatic rings. The maximum atomic E-state index is 4.70. The minimum atomic E-state index is 0.247. The summed E-state index contributed by atoms with van der Waals surface area (Å²) >= 11 is 0.